The second-order valence-corrected chi connectivity index (χ2v) is 10.3. The minimum atomic E-state index is -0.0341. The van der Waals surface area contributed by atoms with Crippen molar-refractivity contribution in [1.29, 1.82) is 5.26 Å². The molecule has 1 aliphatic heterocycles. The van der Waals surface area contributed by atoms with E-state index in [9.17, 15) is 5.26 Å². The Hall–Kier alpha value is -2.73. The number of anilines is 1. The van der Waals surface area contributed by atoms with Gasteiger partial charge >= 0.3 is 0 Å². The topological polar surface area (TPSA) is 89.1 Å². The van der Waals surface area contributed by atoms with E-state index in [-0.39, 0.29) is 12.1 Å². The van der Waals surface area contributed by atoms with E-state index >= 15 is 0 Å². The molecule has 3 aromatic rings. The third-order valence-electron chi connectivity index (χ3n) is 7.49. The summed E-state index contributed by atoms with van der Waals surface area (Å²) < 4.78 is 13.7. The summed E-state index contributed by atoms with van der Waals surface area (Å²) in [5.41, 5.74) is 3.41. The number of likely N-dealkylation sites (N-methyl/N-ethyl adjacent to an activating group) is 1. The zero-order chi connectivity index (χ0) is 24.5. The molecular weight excluding hydrogens is 464 g/mol. The lowest BCUT2D eigenvalue weighted by Crippen LogP contribution is -2.43. The molecule has 4 heterocycles. The largest absolute Gasteiger partial charge is 0.377 e. The Morgan fingerprint density at radius 1 is 1.20 bits per heavy atom. The molecule has 3 aromatic heterocycles. The molecule has 0 radical (unpaired) electrons. The summed E-state index contributed by atoms with van der Waals surface area (Å²) in [5, 5.41) is 10.2. The molecule has 184 valence electrons. The van der Waals surface area contributed by atoms with Crippen molar-refractivity contribution in [3.8, 4) is 17.3 Å². The molecule has 2 aliphatic rings. The van der Waals surface area contributed by atoms with Crippen LogP contribution in [0.2, 0.25) is 5.02 Å². The molecule has 0 N–H and O–H groups in total. The van der Waals surface area contributed by atoms with Crippen molar-refractivity contribution in [2.24, 2.45) is 11.8 Å². The van der Waals surface area contributed by atoms with Crippen LogP contribution >= 0.6 is 11.6 Å². The van der Waals surface area contributed by atoms with E-state index in [1.165, 1.54) is 25.7 Å². The summed E-state index contributed by atoms with van der Waals surface area (Å²) in [6, 6.07) is 5.85. The van der Waals surface area contributed by atoms with E-state index in [1.54, 1.807) is 25.6 Å². The molecule has 8 nitrogen and oxygen atoms in total. The number of pyridine rings is 2. The zero-order valence-electron chi connectivity index (χ0n) is 20.4. The molecule has 1 saturated heterocycles. The van der Waals surface area contributed by atoms with Gasteiger partial charge in [-0.3, -0.25) is 4.98 Å². The maximum Gasteiger partial charge on any atom is 0.206 e. The van der Waals surface area contributed by atoms with E-state index < -0.39 is 0 Å². The number of ether oxygens (including phenoxy) is 2. The fourth-order valence-electron chi connectivity index (χ4n) is 5.41. The number of methoxy groups -OCH3 is 1. The molecule has 0 bridgehead atoms. The minimum Gasteiger partial charge on any atom is -0.377 e. The molecule has 0 aromatic carbocycles. The fourth-order valence-corrected chi connectivity index (χ4v) is 5.59. The van der Waals surface area contributed by atoms with Crippen LogP contribution in [0.5, 0.6) is 0 Å². The Morgan fingerprint density at radius 3 is 2.71 bits per heavy atom. The summed E-state index contributed by atoms with van der Waals surface area (Å²) in [4.78, 5) is 16.2. The third kappa shape index (κ3) is 4.73. The highest BCUT2D eigenvalue weighted by Crippen LogP contribution is 2.36. The number of hydrogen-bond acceptors (Lipinski definition) is 7. The second kappa shape index (κ2) is 10.1. The Bertz CT molecular complexity index is 1250. The molecule has 1 aliphatic carbocycles. The van der Waals surface area contributed by atoms with Gasteiger partial charge in [0, 0.05) is 44.7 Å². The van der Waals surface area contributed by atoms with Gasteiger partial charge in [-0.1, -0.05) is 31.4 Å². The highest BCUT2D eigenvalue weighted by molar-refractivity contribution is 6.30. The van der Waals surface area contributed by atoms with E-state index in [1.807, 2.05) is 13.1 Å². The van der Waals surface area contributed by atoms with Crippen molar-refractivity contribution in [3.63, 3.8) is 0 Å². The number of nitriles is 1. The minimum absolute atomic E-state index is 0.0341. The molecule has 9 heteroatoms. The number of halogens is 1. The lowest BCUT2D eigenvalue weighted by molar-refractivity contribution is 0.0770. The van der Waals surface area contributed by atoms with Crippen LogP contribution in [0.25, 0.3) is 22.3 Å². The maximum atomic E-state index is 9.70. The summed E-state index contributed by atoms with van der Waals surface area (Å²) in [7, 11) is 3.77. The molecule has 5 rings (SSSR count). The van der Waals surface area contributed by atoms with Crippen LogP contribution in [0, 0.1) is 23.2 Å². The predicted molar refractivity (Wildman–Crippen MR) is 135 cm³/mol. The first-order valence-corrected chi connectivity index (χ1v) is 12.6. The van der Waals surface area contributed by atoms with Gasteiger partial charge in [-0.15, -0.1) is 0 Å². The molecule has 0 amide bonds. The van der Waals surface area contributed by atoms with Crippen LogP contribution < -0.4 is 4.90 Å². The molecule has 2 atom stereocenters. The zero-order valence-corrected chi connectivity index (χ0v) is 21.2. The normalized spacial score (nSPS) is 24.5. The van der Waals surface area contributed by atoms with Crippen LogP contribution in [0.4, 0.5) is 5.95 Å². The van der Waals surface area contributed by atoms with Crippen LogP contribution in [0.1, 0.15) is 38.3 Å². The summed E-state index contributed by atoms with van der Waals surface area (Å²) in [5.74, 6) is 2.16. The average molecular weight is 495 g/mol. The van der Waals surface area contributed by atoms with Gasteiger partial charge in [-0.05, 0) is 30.7 Å². The van der Waals surface area contributed by atoms with Gasteiger partial charge < -0.3 is 18.9 Å². The van der Waals surface area contributed by atoms with Crippen molar-refractivity contribution >= 4 is 28.6 Å². The summed E-state index contributed by atoms with van der Waals surface area (Å²) in [6.45, 7) is 4.31. The molecule has 35 heavy (non-hydrogen) atoms. The van der Waals surface area contributed by atoms with Crippen LogP contribution in [0.3, 0.4) is 0 Å². The van der Waals surface area contributed by atoms with Crippen molar-refractivity contribution < 1.29 is 9.47 Å². The Morgan fingerprint density at radius 2 is 2.00 bits per heavy atom. The maximum absolute atomic E-state index is 9.70. The van der Waals surface area contributed by atoms with Crippen molar-refractivity contribution in [3.05, 3.63) is 35.2 Å². The van der Waals surface area contributed by atoms with Crippen LogP contribution in [-0.4, -0.2) is 59.0 Å². The van der Waals surface area contributed by atoms with Gasteiger partial charge in [-0.2, -0.15) is 5.26 Å². The predicted octanol–water partition coefficient (Wildman–Crippen LogP) is 4.69. The van der Waals surface area contributed by atoms with Gasteiger partial charge in [0.2, 0.25) is 5.95 Å². The summed E-state index contributed by atoms with van der Waals surface area (Å²) >= 11 is 6.29. The Labute approximate surface area is 210 Å². The highest BCUT2D eigenvalue weighted by Gasteiger charge is 2.35. The second-order valence-electron chi connectivity index (χ2n) is 9.87. The molecular formula is C26H31ClN6O2. The highest BCUT2D eigenvalue weighted by atomic mass is 35.5. The van der Waals surface area contributed by atoms with Gasteiger partial charge in [0.25, 0.3) is 0 Å². The molecule has 0 spiro atoms. The van der Waals surface area contributed by atoms with Gasteiger partial charge in [-0.25, -0.2) is 9.97 Å². The van der Waals surface area contributed by atoms with Gasteiger partial charge in [0.1, 0.15) is 17.9 Å². The monoisotopic (exact) mass is 494 g/mol. The van der Waals surface area contributed by atoms with Crippen LogP contribution in [-0.2, 0) is 16.0 Å². The molecule has 1 saturated carbocycles. The summed E-state index contributed by atoms with van der Waals surface area (Å²) in [6.07, 6.45) is 8.17. The van der Waals surface area contributed by atoms with E-state index in [4.69, 9.17) is 31.0 Å². The molecule has 2 fully saturated rings. The Balaban J connectivity index is 1.68. The van der Waals surface area contributed by atoms with Crippen molar-refractivity contribution in [2.45, 2.75) is 51.3 Å². The van der Waals surface area contributed by atoms with E-state index in [2.05, 4.69) is 27.4 Å². The SMILES string of the molecule is CO[C@H]1COC[C@@H]1N(C)c1nc2cc(C#N)nc(-c3cncc(Cl)c3)c2n1C[C@H]1CC[C@H](C)CC1. The fraction of sp³-hybridized carbons (Fsp3) is 0.538. The smallest absolute Gasteiger partial charge is 0.206 e. The first-order chi connectivity index (χ1) is 17.0. The number of rotatable bonds is 6. The lowest BCUT2D eigenvalue weighted by atomic mass is 9.83. The third-order valence-corrected chi connectivity index (χ3v) is 7.70. The van der Waals surface area contributed by atoms with Gasteiger partial charge in [0.15, 0.2) is 0 Å². The number of fused-ring (bicyclic) bond motifs is 1. The van der Waals surface area contributed by atoms with Gasteiger partial charge in [0.05, 0.1) is 41.0 Å². The quantitative estimate of drug-likeness (QED) is 0.490. The standard InChI is InChI=1S/C26H31ClN6O2/c1-16-4-6-17(7-5-16)13-33-25-21(31-26(33)32(2)22-14-35-15-23(22)34-3)9-20(10-28)30-24(25)18-8-19(27)12-29-11-18/h8-9,11-12,16-17,22-23H,4-7,13-15H2,1-3H3/t16-,17-,22-,23-/m0/s1. The number of nitrogens with zero attached hydrogens (tertiary/aromatic N) is 6. The average Bonchev–Trinajstić information content (AvgIpc) is 3.49. The number of imidazole rings is 1. The lowest BCUT2D eigenvalue weighted by Gasteiger charge is -2.31. The Kier molecular flexibility index (Phi) is 6.92. The first-order valence-electron chi connectivity index (χ1n) is 12.2. The van der Waals surface area contributed by atoms with Crippen molar-refractivity contribution in [2.75, 3.05) is 32.3 Å². The van der Waals surface area contributed by atoms with Crippen LogP contribution in [0.15, 0.2) is 24.5 Å². The van der Waals surface area contributed by atoms with E-state index in [0.717, 1.165) is 35.0 Å². The number of hydrogen-bond donors (Lipinski definition) is 0. The van der Waals surface area contributed by atoms with Crippen molar-refractivity contribution in [1.82, 2.24) is 19.5 Å². The molecule has 0 unspecified atom stereocenters. The van der Waals surface area contributed by atoms with E-state index in [0.29, 0.717) is 35.5 Å². The number of aromatic nitrogens is 4. The first kappa shape index (κ1) is 24.0.